The maximum absolute atomic E-state index is 13.3. The predicted molar refractivity (Wildman–Crippen MR) is 149 cm³/mol. The quantitative estimate of drug-likeness (QED) is 0.207. The number of benzene rings is 3. The van der Waals surface area contributed by atoms with Crippen molar-refractivity contribution in [3.63, 3.8) is 0 Å². The molecule has 10 heteroatoms. The van der Waals surface area contributed by atoms with Crippen LogP contribution < -0.4 is 5.32 Å². The third-order valence-electron chi connectivity index (χ3n) is 6.31. The standard InChI is InChI=1S/C29H28N2O6S2/c1-20(17-18-21-11-5-2-6-12-21)26(29(34)35)31-27(33)25(30-24(32)19-22-13-7-3-8-14-22)28(31)38-39(36,37)23-15-9-4-10-16-23/h2-17,25-26,28H,18-19H2,1H3,(H,30,32)(H,34,35). The number of carboxylic acid groups (broad SMARTS) is 1. The van der Waals surface area contributed by atoms with Crippen LogP contribution in [0.5, 0.6) is 0 Å². The van der Waals surface area contributed by atoms with Crippen LogP contribution in [-0.2, 0) is 36.1 Å². The van der Waals surface area contributed by atoms with Crippen molar-refractivity contribution in [3.8, 4) is 0 Å². The SMILES string of the molecule is CC(=CCc1ccccc1)C(C(=O)O)N1C(=O)C(NC(=O)Cc2ccccc2)C1SS(=O)(=O)c1ccccc1. The monoisotopic (exact) mass is 564 g/mol. The van der Waals surface area contributed by atoms with Gasteiger partial charge < -0.3 is 15.3 Å². The first-order valence-corrected chi connectivity index (χ1v) is 15.1. The molecule has 3 unspecified atom stereocenters. The highest BCUT2D eigenvalue weighted by Gasteiger charge is 2.55. The van der Waals surface area contributed by atoms with Crippen LogP contribution in [0.3, 0.4) is 0 Å². The normalized spacial score (nSPS) is 18.2. The highest BCUT2D eigenvalue weighted by atomic mass is 33.1. The number of likely N-dealkylation sites (tertiary alicyclic amines) is 1. The summed E-state index contributed by atoms with van der Waals surface area (Å²) in [6.07, 6.45) is 2.15. The molecule has 4 rings (SSSR count). The molecule has 202 valence electrons. The van der Waals surface area contributed by atoms with Crippen molar-refractivity contribution in [3.05, 3.63) is 114 Å². The molecule has 0 radical (unpaired) electrons. The number of carbonyl (C=O) groups is 3. The Morgan fingerprint density at radius 2 is 1.49 bits per heavy atom. The molecule has 39 heavy (non-hydrogen) atoms. The lowest BCUT2D eigenvalue weighted by Gasteiger charge is -2.49. The highest BCUT2D eigenvalue weighted by molar-refractivity contribution is 8.72. The summed E-state index contributed by atoms with van der Waals surface area (Å²) in [5, 5.41) is 11.6. The largest absolute Gasteiger partial charge is 0.479 e. The Kier molecular flexibility index (Phi) is 8.88. The van der Waals surface area contributed by atoms with Gasteiger partial charge in [-0.3, -0.25) is 9.59 Å². The molecule has 1 saturated heterocycles. The summed E-state index contributed by atoms with van der Waals surface area (Å²) in [5.74, 6) is -2.41. The lowest BCUT2D eigenvalue weighted by molar-refractivity contribution is -0.159. The van der Waals surface area contributed by atoms with Crippen LogP contribution in [0.1, 0.15) is 18.1 Å². The first-order chi connectivity index (χ1) is 18.7. The third kappa shape index (κ3) is 6.76. The van der Waals surface area contributed by atoms with Gasteiger partial charge in [-0.2, -0.15) is 0 Å². The van der Waals surface area contributed by atoms with Gasteiger partial charge in [-0.05, 0) is 42.2 Å². The van der Waals surface area contributed by atoms with Crippen molar-refractivity contribution in [1.29, 1.82) is 0 Å². The van der Waals surface area contributed by atoms with E-state index in [9.17, 15) is 27.9 Å². The minimum atomic E-state index is -3.99. The Morgan fingerprint density at radius 1 is 0.949 bits per heavy atom. The number of allylic oxidation sites excluding steroid dienone is 1. The van der Waals surface area contributed by atoms with Gasteiger partial charge in [-0.25, -0.2) is 13.2 Å². The number of nitrogens with zero attached hydrogens (tertiary/aromatic N) is 1. The van der Waals surface area contributed by atoms with E-state index in [0.717, 1.165) is 16.0 Å². The summed E-state index contributed by atoms with van der Waals surface area (Å²) in [5.41, 5.74) is 2.07. The fraction of sp³-hybridized carbons (Fsp3) is 0.207. The minimum Gasteiger partial charge on any atom is -0.479 e. The van der Waals surface area contributed by atoms with Crippen LogP contribution in [-0.4, -0.2) is 53.7 Å². The van der Waals surface area contributed by atoms with Crippen molar-refractivity contribution < 1.29 is 27.9 Å². The number of hydrogen-bond acceptors (Lipinski definition) is 6. The van der Waals surface area contributed by atoms with Crippen LogP contribution >= 0.6 is 10.8 Å². The molecule has 3 aromatic carbocycles. The third-order valence-corrected chi connectivity index (χ3v) is 10.0. The fourth-order valence-corrected chi connectivity index (χ4v) is 7.84. The topological polar surface area (TPSA) is 121 Å². The van der Waals surface area contributed by atoms with Crippen LogP contribution in [0.2, 0.25) is 0 Å². The number of amides is 2. The van der Waals surface area contributed by atoms with E-state index in [2.05, 4.69) is 5.32 Å². The van der Waals surface area contributed by atoms with Crippen molar-refractivity contribution in [1.82, 2.24) is 10.2 Å². The minimum absolute atomic E-state index is 0.00813. The van der Waals surface area contributed by atoms with Crippen molar-refractivity contribution in [2.45, 2.75) is 42.1 Å². The van der Waals surface area contributed by atoms with E-state index in [1.807, 2.05) is 36.4 Å². The van der Waals surface area contributed by atoms with E-state index < -0.39 is 44.1 Å². The summed E-state index contributed by atoms with van der Waals surface area (Å²) in [6.45, 7) is 1.60. The molecule has 1 aliphatic rings. The maximum atomic E-state index is 13.3. The molecule has 2 amide bonds. The first-order valence-electron chi connectivity index (χ1n) is 12.2. The summed E-state index contributed by atoms with van der Waals surface area (Å²) in [6, 6.07) is 23.4. The molecule has 2 N–H and O–H groups in total. The van der Waals surface area contributed by atoms with E-state index in [-0.39, 0.29) is 11.3 Å². The zero-order chi connectivity index (χ0) is 28.0. The van der Waals surface area contributed by atoms with E-state index in [1.165, 1.54) is 12.1 Å². The molecule has 0 aliphatic carbocycles. The van der Waals surface area contributed by atoms with Gasteiger partial charge in [-0.1, -0.05) is 84.9 Å². The fourth-order valence-electron chi connectivity index (χ4n) is 4.31. The van der Waals surface area contributed by atoms with Crippen LogP contribution in [0.15, 0.2) is 108 Å². The molecular weight excluding hydrogens is 536 g/mol. The van der Waals surface area contributed by atoms with E-state index in [0.29, 0.717) is 22.8 Å². The van der Waals surface area contributed by atoms with Gasteiger partial charge in [0.2, 0.25) is 20.7 Å². The average Bonchev–Trinajstić information content (AvgIpc) is 2.94. The number of rotatable bonds is 11. The first kappa shape index (κ1) is 28.1. The molecule has 0 aromatic heterocycles. The molecule has 8 nitrogen and oxygen atoms in total. The molecule has 0 saturated carbocycles. The molecule has 0 bridgehead atoms. The molecule has 1 heterocycles. The number of carboxylic acids is 1. The molecule has 1 fully saturated rings. The molecule has 3 atom stereocenters. The highest BCUT2D eigenvalue weighted by Crippen LogP contribution is 2.39. The van der Waals surface area contributed by atoms with Crippen molar-refractivity contribution in [2.24, 2.45) is 0 Å². The molecular formula is C29H28N2O6S2. The summed E-state index contributed by atoms with van der Waals surface area (Å²) >= 11 is 0. The number of nitrogens with one attached hydrogen (secondary N) is 1. The van der Waals surface area contributed by atoms with E-state index in [4.69, 9.17) is 0 Å². The zero-order valence-corrected chi connectivity index (χ0v) is 22.8. The number of hydrogen-bond donors (Lipinski definition) is 2. The second-order valence-corrected chi connectivity index (χ2v) is 13.0. The Hall–Kier alpha value is -3.89. The molecule has 1 aliphatic heterocycles. The zero-order valence-electron chi connectivity index (χ0n) is 21.1. The molecule has 3 aromatic rings. The van der Waals surface area contributed by atoms with Gasteiger partial charge >= 0.3 is 5.97 Å². The average molecular weight is 565 g/mol. The van der Waals surface area contributed by atoms with E-state index >= 15 is 0 Å². The Labute approximate surface area is 231 Å². The Balaban J connectivity index is 1.61. The second kappa shape index (κ2) is 12.3. The summed E-state index contributed by atoms with van der Waals surface area (Å²) in [7, 11) is -3.53. The van der Waals surface area contributed by atoms with Gasteiger partial charge in [0.1, 0.15) is 11.4 Å². The number of carbonyl (C=O) groups excluding carboxylic acids is 2. The van der Waals surface area contributed by atoms with Crippen LogP contribution in [0.25, 0.3) is 0 Å². The summed E-state index contributed by atoms with van der Waals surface area (Å²) < 4.78 is 26.5. The number of β-lactam (4-membered cyclic amide) rings is 1. The Bertz CT molecular complexity index is 1460. The lowest BCUT2D eigenvalue weighted by Crippen LogP contribution is -2.73. The summed E-state index contributed by atoms with van der Waals surface area (Å²) in [4.78, 5) is 39.6. The number of aliphatic carboxylic acids is 1. The van der Waals surface area contributed by atoms with Gasteiger partial charge in [0.25, 0.3) is 0 Å². The molecule has 0 spiro atoms. The second-order valence-electron chi connectivity index (χ2n) is 9.09. The van der Waals surface area contributed by atoms with Crippen molar-refractivity contribution >= 4 is 37.4 Å². The predicted octanol–water partition coefficient (Wildman–Crippen LogP) is 3.65. The van der Waals surface area contributed by atoms with Crippen molar-refractivity contribution in [2.75, 3.05) is 0 Å². The van der Waals surface area contributed by atoms with Crippen LogP contribution in [0, 0.1) is 0 Å². The van der Waals surface area contributed by atoms with Gasteiger partial charge in [-0.15, -0.1) is 0 Å². The van der Waals surface area contributed by atoms with Crippen LogP contribution in [0.4, 0.5) is 0 Å². The van der Waals surface area contributed by atoms with E-state index in [1.54, 1.807) is 55.5 Å². The van der Waals surface area contributed by atoms with Gasteiger partial charge in [0.15, 0.2) is 6.04 Å². The van der Waals surface area contributed by atoms with Gasteiger partial charge in [0.05, 0.1) is 11.3 Å². The Morgan fingerprint density at radius 3 is 2.05 bits per heavy atom. The maximum Gasteiger partial charge on any atom is 0.330 e. The lowest BCUT2D eigenvalue weighted by atomic mass is 9.97. The van der Waals surface area contributed by atoms with Gasteiger partial charge in [0, 0.05) is 10.8 Å². The smallest absolute Gasteiger partial charge is 0.330 e.